The average molecular weight is 395 g/mol. The molecule has 5 nitrogen and oxygen atoms in total. The van der Waals surface area contributed by atoms with Gasteiger partial charge in [0.2, 0.25) is 5.16 Å². The van der Waals surface area contributed by atoms with Gasteiger partial charge < -0.3 is 10.6 Å². The van der Waals surface area contributed by atoms with E-state index in [0.29, 0.717) is 33.4 Å². The van der Waals surface area contributed by atoms with Crippen LogP contribution >= 0.6 is 35.0 Å². The van der Waals surface area contributed by atoms with Gasteiger partial charge in [0.25, 0.3) is 0 Å². The topological polar surface area (TPSA) is 66.0 Å². The van der Waals surface area contributed by atoms with Gasteiger partial charge in [-0.3, -0.25) is 0 Å². The van der Waals surface area contributed by atoms with Gasteiger partial charge in [-0.15, -0.1) is 10.2 Å². The van der Waals surface area contributed by atoms with Gasteiger partial charge in [0.05, 0.1) is 6.61 Å². The van der Waals surface area contributed by atoms with Crippen LogP contribution in [0.15, 0.2) is 47.6 Å². The van der Waals surface area contributed by atoms with Gasteiger partial charge in [0.1, 0.15) is 5.75 Å². The minimum Gasteiger partial charge on any atom is -0.494 e. The van der Waals surface area contributed by atoms with E-state index in [1.165, 1.54) is 16.4 Å². The number of hydrogen-bond donors (Lipinski definition) is 1. The van der Waals surface area contributed by atoms with Crippen LogP contribution < -0.4 is 10.6 Å². The highest BCUT2D eigenvalue weighted by atomic mass is 35.5. The molecule has 2 aromatic carbocycles. The Balaban J connectivity index is 1.81. The standard InChI is InChI=1S/C17H16Cl2N4OS/c1-2-24-12-6-3-5-11(9-12)16-21-22-17(23(16)20)25-10-13-14(18)7-4-8-15(13)19/h3-9H,2,10,20H2,1H3. The molecule has 0 atom stereocenters. The highest BCUT2D eigenvalue weighted by Gasteiger charge is 2.14. The summed E-state index contributed by atoms with van der Waals surface area (Å²) in [7, 11) is 0. The number of nitrogens with zero attached hydrogens (tertiary/aromatic N) is 3. The lowest BCUT2D eigenvalue weighted by molar-refractivity contribution is 0.340. The Labute approximate surface area is 160 Å². The van der Waals surface area contributed by atoms with Crippen molar-refractivity contribution in [2.24, 2.45) is 0 Å². The van der Waals surface area contributed by atoms with Gasteiger partial charge in [-0.1, -0.05) is 53.2 Å². The van der Waals surface area contributed by atoms with Crippen molar-refractivity contribution in [1.82, 2.24) is 14.9 Å². The fraction of sp³-hybridized carbons (Fsp3) is 0.176. The van der Waals surface area contributed by atoms with Gasteiger partial charge in [-0.2, -0.15) is 0 Å². The molecule has 0 amide bonds. The Morgan fingerprint density at radius 1 is 1.12 bits per heavy atom. The molecule has 0 unspecified atom stereocenters. The SMILES string of the molecule is CCOc1cccc(-c2nnc(SCc3c(Cl)cccc3Cl)n2N)c1. The second-order valence-corrected chi connectivity index (χ2v) is 6.88. The van der Waals surface area contributed by atoms with Crippen LogP contribution in [0.2, 0.25) is 10.0 Å². The number of nitrogen functional groups attached to an aromatic ring is 1. The van der Waals surface area contributed by atoms with Gasteiger partial charge in [-0.05, 0) is 36.8 Å². The van der Waals surface area contributed by atoms with E-state index in [1.54, 1.807) is 12.1 Å². The first-order valence-corrected chi connectivity index (χ1v) is 9.33. The Kier molecular flexibility index (Phi) is 5.73. The molecule has 0 spiro atoms. The third-order valence-corrected chi connectivity index (χ3v) is 5.15. The summed E-state index contributed by atoms with van der Waals surface area (Å²) in [5, 5.41) is 10.2. The Morgan fingerprint density at radius 2 is 1.84 bits per heavy atom. The minimum atomic E-state index is 0.548. The number of aromatic nitrogens is 3. The number of thioether (sulfide) groups is 1. The lowest BCUT2D eigenvalue weighted by Gasteiger charge is -2.08. The summed E-state index contributed by atoms with van der Waals surface area (Å²) in [6.45, 7) is 2.53. The largest absolute Gasteiger partial charge is 0.494 e. The zero-order valence-electron chi connectivity index (χ0n) is 13.4. The molecule has 3 aromatic rings. The maximum absolute atomic E-state index is 6.20. The van der Waals surface area contributed by atoms with Crippen molar-refractivity contribution in [3.8, 4) is 17.1 Å². The van der Waals surface area contributed by atoms with Crippen LogP contribution in [-0.4, -0.2) is 21.5 Å². The Morgan fingerprint density at radius 3 is 2.56 bits per heavy atom. The number of ether oxygens (including phenoxy) is 1. The van der Waals surface area contributed by atoms with E-state index in [0.717, 1.165) is 16.9 Å². The summed E-state index contributed by atoms with van der Waals surface area (Å²) in [6.07, 6.45) is 0. The second-order valence-electron chi connectivity index (χ2n) is 5.13. The highest BCUT2D eigenvalue weighted by Crippen LogP contribution is 2.31. The highest BCUT2D eigenvalue weighted by molar-refractivity contribution is 7.98. The number of hydrogen-bond acceptors (Lipinski definition) is 5. The molecule has 25 heavy (non-hydrogen) atoms. The monoisotopic (exact) mass is 394 g/mol. The third kappa shape index (κ3) is 4.03. The first-order chi connectivity index (χ1) is 12.1. The van der Waals surface area contributed by atoms with Gasteiger partial charge >= 0.3 is 0 Å². The summed E-state index contributed by atoms with van der Waals surface area (Å²) in [4.78, 5) is 0. The molecular formula is C17H16Cl2N4OS. The Bertz CT molecular complexity index is 865. The van der Waals surface area contributed by atoms with Crippen molar-refractivity contribution in [2.45, 2.75) is 17.8 Å². The van der Waals surface area contributed by atoms with Gasteiger partial charge in [-0.25, -0.2) is 4.68 Å². The van der Waals surface area contributed by atoms with Gasteiger partial charge in [0, 0.05) is 21.4 Å². The van der Waals surface area contributed by atoms with Gasteiger partial charge in [0.15, 0.2) is 5.82 Å². The van der Waals surface area contributed by atoms with E-state index in [2.05, 4.69) is 10.2 Å². The normalized spacial score (nSPS) is 10.8. The molecule has 0 saturated carbocycles. The fourth-order valence-corrected chi connectivity index (χ4v) is 3.87. The molecule has 0 fully saturated rings. The van der Waals surface area contributed by atoms with E-state index in [4.69, 9.17) is 33.8 Å². The van der Waals surface area contributed by atoms with E-state index in [9.17, 15) is 0 Å². The van der Waals surface area contributed by atoms with Crippen LogP contribution in [0.1, 0.15) is 12.5 Å². The number of halogens is 2. The van der Waals surface area contributed by atoms with E-state index < -0.39 is 0 Å². The fourth-order valence-electron chi connectivity index (χ4n) is 2.27. The first-order valence-electron chi connectivity index (χ1n) is 7.59. The zero-order valence-corrected chi connectivity index (χ0v) is 15.8. The Hall–Kier alpha value is -1.89. The third-order valence-electron chi connectivity index (χ3n) is 3.48. The molecular weight excluding hydrogens is 379 g/mol. The van der Waals surface area contributed by atoms with E-state index in [-0.39, 0.29) is 0 Å². The van der Waals surface area contributed by atoms with Crippen LogP contribution in [0.3, 0.4) is 0 Å². The summed E-state index contributed by atoms with van der Waals surface area (Å²) in [5.74, 6) is 8.04. The molecule has 0 bridgehead atoms. The molecule has 130 valence electrons. The molecule has 3 rings (SSSR count). The number of nitrogens with two attached hydrogens (primary N) is 1. The van der Waals surface area contributed by atoms with E-state index in [1.807, 2.05) is 37.3 Å². The second kappa shape index (κ2) is 7.99. The van der Waals surface area contributed by atoms with Crippen molar-refractivity contribution >= 4 is 35.0 Å². The van der Waals surface area contributed by atoms with Crippen LogP contribution in [0.5, 0.6) is 5.75 Å². The van der Waals surface area contributed by atoms with Crippen LogP contribution in [-0.2, 0) is 5.75 Å². The summed E-state index contributed by atoms with van der Waals surface area (Å²) in [6, 6.07) is 13.0. The van der Waals surface area contributed by atoms with Crippen molar-refractivity contribution in [1.29, 1.82) is 0 Å². The number of rotatable bonds is 6. The summed E-state index contributed by atoms with van der Waals surface area (Å²) >= 11 is 13.8. The van der Waals surface area contributed by atoms with Crippen LogP contribution in [0.4, 0.5) is 0 Å². The molecule has 2 N–H and O–H groups in total. The summed E-state index contributed by atoms with van der Waals surface area (Å²) < 4.78 is 6.97. The molecule has 8 heteroatoms. The molecule has 0 aliphatic heterocycles. The van der Waals surface area contributed by atoms with Crippen molar-refractivity contribution in [3.63, 3.8) is 0 Å². The molecule has 0 radical (unpaired) electrons. The zero-order chi connectivity index (χ0) is 17.8. The van der Waals surface area contributed by atoms with Crippen LogP contribution in [0, 0.1) is 0 Å². The lowest BCUT2D eigenvalue weighted by atomic mass is 10.2. The van der Waals surface area contributed by atoms with Crippen molar-refractivity contribution < 1.29 is 4.74 Å². The smallest absolute Gasteiger partial charge is 0.210 e. The first kappa shape index (κ1) is 17.9. The average Bonchev–Trinajstić information content (AvgIpc) is 2.96. The predicted molar refractivity (Wildman–Crippen MR) is 103 cm³/mol. The molecule has 1 aromatic heterocycles. The minimum absolute atomic E-state index is 0.548. The molecule has 0 aliphatic carbocycles. The van der Waals surface area contributed by atoms with Crippen LogP contribution in [0.25, 0.3) is 11.4 Å². The number of benzene rings is 2. The van der Waals surface area contributed by atoms with E-state index >= 15 is 0 Å². The quantitative estimate of drug-likeness (QED) is 0.486. The maximum Gasteiger partial charge on any atom is 0.210 e. The maximum atomic E-state index is 6.20. The molecule has 1 heterocycles. The predicted octanol–water partition coefficient (Wildman–Crippen LogP) is 4.66. The lowest BCUT2D eigenvalue weighted by Crippen LogP contribution is -2.11. The molecule has 0 aliphatic rings. The van der Waals surface area contributed by atoms with Crippen molar-refractivity contribution in [3.05, 3.63) is 58.1 Å². The summed E-state index contributed by atoms with van der Waals surface area (Å²) in [5.41, 5.74) is 1.68. The molecule has 0 saturated heterocycles. The van der Waals surface area contributed by atoms with Crippen molar-refractivity contribution in [2.75, 3.05) is 12.4 Å².